The Morgan fingerprint density at radius 3 is 2.89 bits per heavy atom. The Labute approximate surface area is 113 Å². The highest BCUT2D eigenvalue weighted by molar-refractivity contribution is 5.99. The van der Waals surface area contributed by atoms with E-state index >= 15 is 0 Å². The van der Waals surface area contributed by atoms with Gasteiger partial charge in [-0.05, 0) is 19.4 Å². The van der Waals surface area contributed by atoms with E-state index < -0.39 is 0 Å². The summed E-state index contributed by atoms with van der Waals surface area (Å²) in [5, 5.41) is 5.10. The first-order valence-corrected chi connectivity index (χ1v) is 6.52. The molecule has 0 saturated heterocycles. The molecule has 19 heavy (non-hydrogen) atoms. The quantitative estimate of drug-likeness (QED) is 0.664. The first-order chi connectivity index (χ1) is 9.13. The van der Waals surface area contributed by atoms with Gasteiger partial charge in [0.05, 0.1) is 6.21 Å². The molecule has 0 aliphatic carbocycles. The van der Waals surface area contributed by atoms with Crippen molar-refractivity contribution in [1.82, 2.24) is 9.99 Å². The minimum atomic E-state index is -0.165. The molecule has 0 aliphatic heterocycles. The van der Waals surface area contributed by atoms with Crippen molar-refractivity contribution in [2.24, 2.45) is 5.10 Å². The van der Waals surface area contributed by atoms with Crippen molar-refractivity contribution in [1.29, 1.82) is 0 Å². The van der Waals surface area contributed by atoms with Gasteiger partial charge in [0.25, 0.3) is 0 Å². The van der Waals surface area contributed by atoms with Gasteiger partial charge in [0, 0.05) is 35.6 Å². The average molecular weight is 257 g/mol. The minimum Gasteiger partial charge on any atom is -0.344 e. The van der Waals surface area contributed by atoms with Gasteiger partial charge in [-0.2, -0.15) is 5.10 Å². The van der Waals surface area contributed by atoms with Gasteiger partial charge >= 0.3 is 0 Å². The highest BCUT2D eigenvalue weighted by Gasteiger charge is 2.10. The molecule has 0 unspecified atom stereocenters. The normalized spacial score (nSPS) is 13.0. The van der Waals surface area contributed by atoms with Gasteiger partial charge in [-0.1, -0.05) is 25.1 Å². The maximum Gasteiger partial charge on any atom is 0.236 e. The average Bonchev–Trinajstić information content (AvgIpc) is 2.77. The SMILES string of the molecule is CC[C@@H](C)n1cc(/C=N\NC(C)=O)c2ccccc21. The first kappa shape index (κ1) is 13.3. The van der Waals surface area contributed by atoms with Gasteiger partial charge in [-0.25, -0.2) is 5.43 Å². The third kappa shape index (κ3) is 2.84. The number of carbonyl (C=O) groups is 1. The standard InChI is InChI=1S/C15H19N3O/c1-4-11(2)18-10-13(9-16-17-12(3)19)14-7-5-6-8-15(14)18/h5-11H,4H2,1-3H3,(H,17,19)/b16-9-/t11-/m1/s1. The summed E-state index contributed by atoms with van der Waals surface area (Å²) in [7, 11) is 0. The van der Waals surface area contributed by atoms with Gasteiger partial charge in [-0.15, -0.1) is 0 Å². The second-order valence-electron chi connectivity index (χ2n) is 4.69. The Balaban J connectivity index is 2.44. The molecule has 2 rings (SSSR count). The lowest BCUT2D eigenvalue weighted by molar-refractivity contribution is -0.118. The summed E-state index contributed by atoms with van der Waals surface area (Å²) in [6.07, 6.45) is 4.85. The molecule has 100 valence electrons. The van der Waals surface area contributed by atoms with Crippen LogP contribution in [0.25, 0.3) is 10.9 Å². The van der Waals surface area contributed by atoms with Crippen molar-refractivity contribution in [3.8, 4) is 0 Å². The monoisotopic (exact) mass is 257 g/mol. The highest BCUT2D eigenvalue weighted by Crippen LogP contribution is 2.24. The summed E-state index contributed by atoms with van der Waals surface area (Å²) < 4.78 is 2.25. The molecule has 1 amide bonds. The molecule has 0 aliphatic rings. The molecule has 1 aromatic carbocycles. The Morgan fingerprint density at radius 2 is 2.21 bits per heavy atom. The summed E-state index contributed by atoms with van der Waals surface area (Å²) in [4.78, 5) is 10.8. The van der Waals surface area contributed by atoms with Gasteiger partial charge in [-0.3, -0.25) is 4.79 Å². The third-order valence-electron chi connectivity index (χ3n) is 3.26. The van der Waals surface area contributed by atoms with E-state index in [0.29, 0.717) is 6.04 Å². The van der Waals surface area contributed by atoms with Crippen molar-refractivity contribution < 1.29 is 4.79 Å². The zero-order valence-electron chi connectivity index (χ0n) is 11.6. The Morgan fingerprint density at radius 1 is 1.47 bits per heavy atom. The number of para-hydroxylation sites is 1. The number of rotatable bonds is 4. The van der Waals surface area contributed by atoms with Gasteiger partial charge < -0.3 is 4.57 Å². The summed E-state index contributed by atoms with van der Waals surface area (Å²) in [5.74, 6) is -0.165. The van der Waals surface area contributed by atoms with Crippen LogP contribution in [0, 0.1) is 0 Å². The molecule has 1 atom stereocenters. The molecule has 2 aromatic rings. The highest BCUT2D eigenvalue weighted by atomic mass is 16.2. The number of hydrogen-bond donors (Lipinski definition) is 1. The molecule has 0 spiro atoms. The largest absolute Gasteiger partial charge is 0.344 e. The van der Waals surface area contributed by atoms with E-state index in [-0.39, 0.29) is 5.91 Å². The maximum absolute atomic E-state index is 10.8. The van der Waals surface area contributed by atoms with Crippen LogP contribution >= 0.6 is 0 Å². The van der Waals surface area contributed by atoms with E-state index in [1.165, 1.54) is 12.4 Å². The molecule has 0 bridgehead atoms. The Kier molecular flexibility index (Phi) is 4.00. The van der Waals surface area contributed by atoms with Crippen molar-refractivity contribution in [3.05, 3.63) is 36.0 Å². The van der Waals surface area contributed by atoms with Crippen LogP contribution in [0.15, 0.2) is 35.6 Å². The summed E-state index contributed by atoms with van der Waals surface area (Å²) in [6, 6.07) is 8.67. The van der Waals surface area contributed by atoms with Crippen molar-refractivity contribution >= 4 is 23.0 Å². The zero-order chi connectivity index (χ0) is 13.8. The first-order valence-electron chi connectivity index (χ1n) is 6.52. The zero-order valence-corrected chi connectivity index (χ0v) is 11.6. The van der Waals surface area contributed by atoms with Gasteiger partial charge in [0.15, 0.2) is 0 Å². The summed E-state index contributed by atoms with van der Waals surface area (Å²) in [5.41, 5.74) is 4.65. The Hall–Kier alpha value is -2.10. The number of carbonyl (C=O) groups excluding carboxylic acids is 1. The van der Waals surface area contributed by atoms with Gasteiger partial charge in [0.1, 0.15) is 0 Å². The number of hydrogen-bond acceptors (Lipinski definition) is 2. The number of fused-ring (bicyclic) bond motifs is 1. The fourth-order valence-corrected chi connectivity index (χ4v) is 2.09. The van der Waals surface area contributed by atoms with Crippen LogP contribution in [-0.4, -0.2) is 16.7 Å². The van der Waals surface area contributed by atoms with Crippen LogP contribution in [-0.2, 0) is 4.79 Å². The van der Waals surface area contributed by atoms with E-state index in [1.807, 2.05) is 12.1 Å². The van der Waals surface area contributed by atoms with Crippen molar-refractivity contribution in [2.45, 2.75) is 33.2 Å². The number of hydrazone groups is 1. The third-order valence-corrected chi connectivity index (χ3v) is 3.26. The molecule has 1 heterocycles. The lowest BCUT2D eigenvalue weighted by Gasteiger charge is -2.12. The summed E-state index contributed by atoms with van der Waals surface area (Å²) in [6.45, 7) is 5.81. The van der Waals surface area contributed by atoms with Crippen molar-refractivity contribution in [3.63, 3.8) is 0 Å². The Bertz CT molecular complexity index is 613. The van der Waals surface area contributed by atoms with E-state index in [0.717, 1.165) is 17.4 Å². The second-order valence-corrected chi connectivity index (χ2v) is 4.69. The molecule has 1 aromatic heterocycles. The van der Waals surface area contributed by atoms with E-state index in [4.69, 9.17) is 0 Å². The van der Waals surface area contributed by atoms with Crippen LogP contribution in [0.3, 0.4) is 0 Å². The molecule has 0 fully saturated rings. The second kappa shape index (κ2) is 5.69. The predicted octanol–water partition coefficient (Wildman–Crippen LogP) is 3.08. The topological polar surface area (TPSA) is 46.4 Å². The van der Waals surface area contributed by atoms with Crippen LogP contribution in [0.5, 0.6) is 0 Å². The molecule has 1 N–H and O–H groups in total. The van der Waals surface area contributed by atoms with Crippen LogP contribution in [0.2, 0.25) is 0 Å². The predicted molar refractivity (Wildman–Crippen MR) is 78.4 cm³/mol. The number of nitrogens with one attached hydrogen (secondary N) is 1. The fourth-order valence-electron chi connectivity index (χ4n) is 2.09. The molecular formula is C15H19N3O. The van der Waals surface area contributed by atoms with Gasteiger partial charge in [0.2, 0.25) is 5.91 Å². The number of benzene rings is 1. The van der Waals surface area contributed by atoms with Crippen LogP contribution in [0.1, 0.15) is 38.8 Å². The maximum atomic E-state index is 10.8. The number of aromatic nitrogens is 1. The smallest absolute Gasteiger partial charge is 0.236 e. The lowest BCUT2D eigenvalue weighted by Crippen LogP contribution is -2.12. The van der Waals surface area contributed by atoms with E-state index in [9.17, 15) is 4.79 Å². The lowest BCUT2D eigenvalue weighted by atomic mass is 10.2. The number of amides is 1. The van der Waals surface area contributed by atoms with Crippen LogP contribution in [0.4, 0.5) is 0 Å². The molecule has 0 radical (unpaired) electrons. The van der Waals surface area contributed by atoms with Crippen LogP contribution < -0.4 is 5.43 Å². The summed E-state index contributed by atoms with van der Waals surface area (Å²) >= 11 is 0. The minimum absolute atomic E-state index is 0.165. The van der Waals surface area contributed by atoms with E-state index in [1.54, 1.807) is 6.21 Å². The molecular weight excluding hydrogens is 238 g/mol. The molecule has 4 heteroatoms. The molecule has 4 nitrogen and oxygen atoms in total. The van der Waals surface area contributed by atoms with Crippen molar-refractivity contribution in [2.75, 3.05) is 0 Å². The number of nitrogens with zero attached hydrogens (tertiary/aromatic N) is 2. The molecule has 0 saturated carbocycles. The van der Waals surface area contributed by atoms with E-state index in [2.05, 4.69) is 47.3 Å². The fraction of sp³-hybridized carbons (Fsp3) is 0.333.